The molecule has 4 aromatic carbocycles. The van der Waals surface area contributed by atoms with E-state index in [1.807, 2.05) is 135 Å². The molecule has 0 aliphatic carbocycles. The molecule has 78 heavy (non-hydrogen) atoms. The molecule has 2 fully saturated rings. The topological polar surface area (TPSA) is 103 Å². The Morgan fingerprint density at radius 2 is 0.962 bits per heavy atom. The van der Waals surface area contributed by atoms with Gasteiger partial charge in [0.2, 0.25) is 0 Å². The highest BCUT2D eigenvalue weighted by Crippen LogP contribution is 2.35. The van der Waals surface area contributed by atoms with Crippen LogP contribution in [0, 0.1) is 131 Å². The molecule has 2 aliphatic heterocycles. The van der Waals surface area contributed by atoms with Crippen LogP contribution in [-0.4, -0.2) is 73.9 Å². The maximum Gasteiger partial charge on any atom is 0.297 e. The van der Waals surface area contributed by atoms with Crippen LogP contribution in [0.4, 0.5) is 0 Å². The number of carbonyl (C=O) groups is 1. The molecule has 10 heteroatoms. The van der Waals surface area contributed by atoms with Crippen molar-refractivity contribution in [3.63, 3.8) is 0 Å². The van der Waals surface area contributed by atoms with Crippen molar-refractivity contribution in [2.45, 2.75) is 121 Å². The third-order valence-corrected chi connectivity index (χ3v) is 11.4. The van der Waals surface area contributed by atoms with Gasteiger partial charge in [-0.2, -0.15) is 0 Å². The van der Waals surface area contributed by atoms with E-state index in [4.69, 9.17) is 44.3 Å². The van der Waals surface area contributed by atoms with E-state index in [1.165, 1.54) is 0 Å². The van der Waals surface area contributed by atoms with Crippen LogP contribution >= 0.6 is 0 Å². The van der Waals surface area contributed by atoms with Crippen LogP contribution in [-0.2, 0) is 69.1 Å². The molecule has 10 nitrogen and oxygen atoms in total. The lowest BCUT2D eigenvalue weighted by molar-refractivity contribution is -0.329. The third kappa shape index (κ3) is 21.4. The molecule has 8 atom stereocenters. The number of hydrogen-bond acceptors (Lipinski definition) is 9. The molecule has 4 aromatic rings. The Bertz CT molecular complexity index is 3290. The number of rotatable bonds is 21. The number of ether oxygens (including phenoxy) is 8. The Morgan fingerprint density at radius 3 is 1.42 bits per heavy atom. The summed E-state index contributed by atoms with van der Waals surface area (Å²) < 4.78 is 53.9. The van der Waals surface area contributed by atoms with E-state index in [0.29, 0.717) is 13.0 Å². The second-order valence-electron chi connectivity index (χ2n) is 17.7. The van der Waals surface area contributed by atoms with E-state index in [-0.39, 0.29) is 39.1 Å². The first-order valence-electron chi connectivity index (χ1n) is 25.3. The molecule has 388 valence electrons. The Kier molecular flexibility index (Phi) is 25.5. The van der Waals surface area contributed by atoms with Gasteiger partial charge in [0.05, 0.1) is 51.8 Å². The molecule has 6 rings (SSSR count). The summed E-state index contributed by atoms with van der Waals surface area (Å²) in [6.07, 6.45) is 2.43. The molecule has 5 unspecified atom stereocenters. The molecular weight excluding hydrogens is 975 g/mol. The zero-order valence-electron chi connectivity index (χ0n) is 43.8. The first-order valence-corrected chi connectivity index (χ1v) is 25.3. The monoisotopic (exact) mass is 1030 g/mol. The van der Waals surface area contributed by atoms with Gasteiger partial charge in [0.25, 0.3) is 5.91 Å². The van der Waals surface area contributed by atoms with Gasteiger partial charge >= 0.3 is 0 Å². The van der Waals surface area contributed by atoms with Gasteiger partial charge in [0.15, 0.2) is 12.1 Å². The van der Waals surface area contributed by atoms with E-state index in [0.717, 1.165) is 35.1 Å². The number of hydrogen-bond donors (Lipinski definition) is 1. The number of nitrogens with one attached hydrogen (secondary N) is 1. The van der Waals surface area contributed by atoms with Crippen LogP contribution in [0.15, 0.2) is 121 Å². The first kappa shape index (κ1) is 58.5. The van der Waals surface area contributed by atoms with Crippen molar-refractivity contribution in [1.82, 2.24) is 5.32 Å². The average molecular weight is 1030 g/mol. The fourth-order valence-electron chi connectivity index (χ4n) is 7.99. The molecule has 0 saturated carbocycles. The Hall–Kier alpha value is -8.81. The van der Waals surface area contributed by atoms with Gasteiger partial charge in [0, 0.05) is 29.6 Å². The van der Waals surface area contributed by atoms with Gasteiger partial charge in [-0.25, -0.2) is 0 Å². The summed E-state index contributed by atoms with van der Waals surface area (Å²) in [5.74, 6) is 51.1. The lowest BCUT2D eigenvalue weighted by Gasteiger charge is -2.46. The minimum absolute atomic E-state index is 0.0957. The van der Waals surface area contributed by atoms with Crippen LogP contribution in [0.1, 0.15) is 62.3 Å². The summed E-state index contributed by atoms with van der Waals surface area (Å²) in [5.41, 5.74) is 3.87. The lowest BCUT2D eigenvalue weighted by Crippen LogP contribution is -2.62. The summed E-state index contributed by atoms with van der Waals surface area (Å²) in [6, 6.07) is 38.8. The van der Waals surface area contributed by atoms with Crippen molar-refractivity contribution in [3.05, 3.63) is 144 Å². The zero-order chi connectivity index (χ0) is 54.7. The number of amides is 1. The molecule has 2 heterocycles. The van der Waals surface area contributed by atoms with Crippen LogP contribution in [0.2, 0.25) is 0 Å². The highest BCUT2D eigenvalue weighted by atomic mass is 16.8. The SMILES string of the molecule is C#CC#CC#CC#CC#CC#CC#CC#CC#CC#CC#CC(=O)N[C@@H](COC1OC(COCc2ccccc2)C(OCc2ccccc2)C(OCc2ccccc2)C1OCc1ccccc1)[C@@H]1OC(C)(C)O[C@@H]1CCCC. The molecule has 0 radical (unpaired) electrons. The van der Waals surface area contributed by atoms with E-state index in [2.05, 4.69) is 137 Å². The molecule has 2 saturated heterocycles. The van der Waals surface area contributed by atoms with Gasteiger partial charge < -0.3 is 43.2 Å². The highest BCUT2D eigenvalue weighted by molar-refractivity contribution is 5.94. The van der Waals surface area contributed by atoms with Crippen molar-refractivity contribution in [3.8, 4) is 131 Å². The molecule has 2 aliphatic rings. The Balaban J connectivity index is 1.24. The summed E-state index contributed by atoms with van der Waals surface area (Å²) >= 11 is 0. The quantitative estimate of drug-likeness (QED) is 0.0848. The second kappa shape index (κ2) is 34.0. The van der Waals surface area contributed by atoms with Crippen molar-refractivity contribution in [2.24, 2.45) is 0 Å². The van der Waals surface area contributed by atoms with Gasteiger partial charge in [-0.1, -0.05) is 141 Å². The fourth-order valence-corrected chi connectivity index (χ4v) is 7.99. The maximum atomic E-state index is 13.7. The van der Waals surface area contributed by atoms with Crippen molar-refractivity contribution >= 4 is 5.91 Å². The Morgan fingerprint density at radius 1 is 0.538 bits per heavy atom. The molecule has 1 N–H and O–H groups in total. The number of benzene rings is 4. The van der Waals surface area contributed by atoms with Gasteiger partial charge in [-0.3, -0.25) is 4.79 Å². The normalized spacial score (nSPS) is 19.2. The summed E-state index contributed by atoms with van der Waals surface area (Å²) in [4.78, 5) is 13.7. The summed E-state index contributed by atoms with van der Waals surface area (Å²) in [5, 5.41) is 3.04. The molecule has 0 bridgehead atoms. The maximum absolute atomic E-state index is 13.7. The fraction of sp³-hybridized carbons (Fsp3) is 0.309. The summed E-state index contributed by atoms with van der Waals surface area (Å²) in [6.45, 7) is 6.90. The number of carbonyl (C=O) groups excluding carboxylic acids is 1. The van der Waals surface area contributed by atoms with Crippen molar-refractivity contribution in [2.75, 3.05) is 13.2 Å². The van der Waals surface area contributed by atoms with Crippen LogP contribution in [0.5, 0.6) is 0 Å². The molecule has 0 aromatic heterocycles. The van der Waals surface area contributed by atoms with Crippen LogP contribution in [0.3, 0.4) is 0 Å². The highest BCUT2D eigenvalue weighted by Gasteiger charge is 2.51. The second-order valence-corrected chi connectivity index (χ2v) is 17.7. The van der Waals surface area contributed by atoms with Gasteiger partial charge in [0.1, 0.15) is 30.5 Å². The zero-order valence-corrected chi connectivity index (χ0v) is 43.8. The van der Waals surface area contributed by atoms with E-state index in [9.17, 15) is 4.79 Å². The van der Waals surface area contributed by atoms with E-state index >= 15 is 0 Å². The van der Waals surface area contributed by atoms with Crippen LogP contribution < -0.4 is 5.32 Å². The van der Waals surface area contributed by atoms with Gasteiger partial charge in [-0.05, 0) is 137 Å². The predicted octanol–water partition coefficient (Wildman–Crippen LogP) is 7.56. The van der Waals surface area contributed by atoms with Crippen LogP contribution in [0.25, 0.3) is 0 Å². The van der Waals surface area contributed by atoms with E-state index < -0.39 is 54.5 Å². The smallest absolute Gasteiger partial charge is 0.297 e. The first-order chi connectivity index (χ1) is 38.3. The summed E-state index contributed by atoms with van der Waals surface area (Å²) in [7, 11) is 0. The van der Waals surface area contributed by atoms with E-state index in [1.54, 1.807) is 0 Å². The minimum atomic E-state index is -1.06. The van der Waals surface area contributed by atoms with Crippen molar-refractivity contribution in [1.29, 1.82) is 0 Å². The van der Waals surface area contributed by atoms with Crippen molar-refractivity contribution < 1.29 is 42.7 Å². The standard InChI is InChI=1S/C68H57NO9/c1-5-7-9-10-11-12-13-14-15-16-17-18-19-20-21-22-23-24-25-38-48-62(70)69-59(63-60(47-8-6-2)77-68(3,4)78-63)53-75-67-66(74-52-58-45-36-29-37-46-58)65(73-51-57-43-34-28-35-44-57)64(72-50-56-41-32-27-33-42-56)61(76-67)54-71-49-55-39-30-26-31-40-55/h1,26-37,39-46,59-61,63-67H,6,8,47,49-54H2,2-4H3,(H,69,70)/t59-,60+,61?,63-,64?,65?,66?,67?/m0/s1. The number of terminal acetylenes is 1. The third-order valence-electron chi connectivity index (χ3n) is 11.4. The largest absolute Gasteiger partial charge is 0.374 e. The number of unbranched alkanes of at least 4 members (excludes halogenated alkanes) is 1. The lowest BCUT2D eigenvalue weighted by atomic mass is 9.97. The molecular formula is C68H57NO9. The molecule has 1 amide bonds. The Labute approximate surface area is 460 Å². The average Bonchev–Trinajstić information content (AvgIpc) is 3.88. The predicted molar refractivity (Wildman–Crippen MR) is 298 cm³/mol. The van der Waals surface area contributed by atoms with Gasteiger partial charge in [-0.15, -0.1) is 6.42 Å². The minimum Gasteiger partial charge on any atom is -0.374 e. The molecule has 0 spiro atoms.